The first-order valence-corrected chi connectivity index (χ1v) is 51.0. The number of aliphatic carboxylic acids is 1. The lowest BCUT2D eigenvalue weighted by Gasteiger charge is -2.32. The van der Waals surface area contributed by atoms with E-state index in [1.165, 1.54) is 48.5 Å². The lowest BCUT2D eigenvalue weighted by molar-refractivity contribution is -0.139. The number of thioether (sulfide) groups is 3. The molecule has 0 spiro atoms. The van der Waals surface area contributed by atoms with Crippen LogP contribution in [0.25, 0.3) is 10.9 Å². The number of para-hydroxylation sites is 1. The van der Waals surface area contributed by atoms with Gasteiger partial charge in [0.1, 0.15) is 95.6 Å². The monoisotopic (exact) mass is 2000 g/mol. The number of fused-ring (bicyclic) bond motifs is 19. The van der Waals surface area contributed by atoms with E-state index < -0.39 is 339 Å². The van der Waals surface area contributed by atoms with E-state index in [-0.39, 0.29) is 32.2 Å². The van der Waals surface area contributed by atoms with Gasteiger partial charge in [0.05, 0.1) is 25.7 Å². The van der Waals surface area contributed by atoms with Gasteiger partial charge in [0.2, 0.25) is 112 Å². The molecule has 764 valence electrons. The van der Waals surface area contributed by atoms with Crippen LogP contribution in [0.1, 0.15) is 167 Å². The second kappa shape index (κ2) is 56.5. The van der Waals surface area contributed by atoms with Crippen molar-refractivity contribution in [2.45, 2.75) is 286 Å². The zero-order valence-electron chi connectivity index (χ0n) is 79.9. The summed E-state index contributed by atoms with van der Waals surface area (Å²) < 4.78 is 15.2. The molecule has 0 saturated carbocycles. The Labute approximate surface area is 812 Å². The van der Waals surface area contributed by atoms with Gasteiger partial charge in [-0.2, -0.15) is 35.3 Å². The standard InChI is InChI=1S/C88H140N22O23S4/c1-15-44(9)67-84(128)97-54(26-27-64(114)115)77(121)100-59-38-135-47(12)69(110-81(125)58-37-134-36-52(90)73(117)99-57(35-111)74(118)93-33-62(112)96-56(79(123)105-65(42(5)6)82(126)101-58)31-50-32-92-53-25-21-20-24-51(50)53)86(130)98-55(30-41(3)4)78(122)109-70(87(131)108-67)48(13)136-39-60-80(124)95-46(11)72(116)103-61(76(120)91-29-23-19-17-18-22-28-89)40-137(133)49(14)71(104-63(113)34-94-75(59)119)88(132)106-66(43(7)8)83(127)107-68(45(10)16-2)85(129)102-60/h20-21,24-25,32,41-49,52,54-61,65-71,92,111H,15-19,22-23,26-31,33-40,89-90H2,1-14H3,(H,91,120)(H,93,118)(H,94,119)(H,95,124)(H,96,112)(H,97,128)(H,98,130)(H,99,117)(H,100,121)(H,101,126)(H,102,129)(H,103,116)(H,104,113)(H,105,123)(H,106,132)(H,107,127)(H,108,131)(H,109,122)(H,110,125)(H,114,115)/t44?,45?,46-,47-,48-,49-,52-,54-,55-,56-,57-,58+,59-,60-,61-,65-,66-,67-,68-,69+,70+,71-,137?/m0/s1. The Hall–Kier alpha value is -10.6. The molecule has 1 aromatic heterocycles. The van der Waals surface area contributed by atoms with Crippen LogP contribution in [0.4, 0.5) is 0 Å². The zero-order valence-corrected chi connectivity index (χ0v) is 83.2. The van der Waals surface area contributed by atoms with E-state index in [4.69, 9.17) is 11.5 Å². The molecule has 49 heteroatoms. The summed E-state index contributed by atoms with van der Waals surface area (Å²) in [6.45, 7) is 18.8. The number of aliphatic hydroxyl groups is 1. The summed E-state index contributed by atoms with van der Waals surface area (Å²) in [5.74, 6) is -29.0. The molecule has 5 heterocycles. The number of aromatic amines is 1. The number of hydrogen-bond donors (Lipinski definition) is 24. The van der Waals surface area contributed by atoms with E-state index in [0.717, 1.165) is 42.8 Å². The lowest BCUT2D eigenvalue weighted by atomic mass is 9.96. The molecular formula is C88H140N22O23S4. The Balaban J connectivity index is 1.62. The molecule has 23 atom stereocenters. The number of carboxylic acids is 1. The summed E-state index contributed by atoms with van der Waals surface area (Å²) in [7, 11) is 0. The molecule has 3 unspecified atom stereocenters. The third kappa shape index (κ3) is 35.7. The van der Waals surface area contributed by atoms with Crippen molar-refractivity contribution >= 4 is 176 Å². The Morgan fingerprint density at radius 1 is 0.504 bits per heavy atom. The Morgan fingerprint density at radius 3 is 1.64 bits per heavy atom. The maximum atomic E-state index is 15.9. The highest BCUT2D eigenvalue weighted by Crippen LogP contribution is 2.26. The molecule has 137 heavy (non-hydrogen) atoms. The van der Waals surface area contributed by atoms with Gasteiger partial charge in [0, 0.05) is 70.0 Å². The molecule has 4 fully saturated rings. The number of carbonyl (C=O) groups is 20. The Kier molecular flexibility index (Phi) is 47.4. The summed E-state index contributed by atoms with van der Waals surface area (Å²) in [5.41, 5.74) is 13.3. The number of carbonyl (C=O) groups excluding carboxylic acids is 19. The first kappa shape index (κ1) is 115. The Morgan fingerprint density at radius 2 is 1.02 bits per heavy atom. The molecular weight excluding hydrogens is 1860 g/mol. The first-order chi connectivity index (χ1) is 64.7. The van der Waals surface area contributed by atoms with E-state index in [0.29, 0.717) is 47.6 Å². The fourth-order valence-electron chi connectivity index (χ4n) is 15.1. The lowest BCUT2D eigenvalue weighted by Crippen LogP contribution is -2.63. The summed E-state index contributed by atoms with van der Waals surface area (Å²) in [6.07, 6.45) is 3.27. The highest BCUT2D eigenvalue weighted by molar-refractivity contribution is 8.00. The van der Waals surface area contributed by atoms with Crippen molar-refractivity contribution in [3.8, 4) is 0 Å². The molecule has 4 aliphatic rings. The number of nitrogens with one attached hydrogen (secondary N) is 20. The van der Waals surface area contributed by atoms with Crippen LogP contribution in [0.5, 0.6) is 0 Å². The van der Waals surface area contributed by atoms with Crippen LogP contribution in [0, 0.1) is 29.6 Å². The van der Waals surface area contributed by atoms with Crippen molar-refractivity contribution < 1.29 is 111 Å². The van der Waals surface area contributed by atoms with Crippen LogP contribution >= 0.6 is 35.3 Å². The van der Waals surface area contributed by atoms with Crippen molar-refractivity contribution in [3.05, 3.63) is 36.0 Å². The molecule has 2 aromatic rings. The number of aromatic nitrogens is 1. The highest BCUT2D eigenvalue weighted by Gasteiger charge is 2.46. The highest BCUT2D eigenvalue weighted by atomic mass is 32.2. The number of unbranched alkanes of at least 4 members (excludes halogenated alkanes) is 4. The topological polar surface area (TPSA) is 701 Å². The molecule has 0 radical (unpaired) electrons. The number of H-pyrrole nitrogens is 1. The van der Waals surface area contributed by atoms with E-state index in [1.54, 1.807) is 78.9 Å². The van der Waals surface area contributed by atoms with Gasteiger partial charge in [-0.25, -0.2) is 0 Å². The average Bonchev–Trinajstić information content (AvgIpc) is 1.78. The van der Waals surface area contributed by atoms with Crippen molar-refractivity contribution in [2.24, 2.45) is 41.1 Å². The largest absolute Gasteiger partial charge is 0.616 e. The number of benzene rings is 1. The smallest absolute Gasteiger partial charge is 0.303 e. The summed E-state index contributed by atoms with van der Waals surface area (Å²) in [5, 5.41) is 65.9. The molecule has 26 N–H and O–H groups in total. The maximum absolute atomic E-state index is 15.9. The summed E-state index contributed by atoms with van der Waals surface area (Å²) in [6, 6.07) is -22.6. The minimum absolute atomic E-state index is 0.0562. The zero-order chi connectivity index (χ0) is 102. The van der Waals surface area contributed by atoms with Gasteiger partial charge in [-0.05, 0) is 98.5 Å². The average molecular weight is 2000 g/mol. The van der Waals surface area contributed by atoms with E-state index >= 15 is 57.3 Å². The Bertz CT molecular complexity index is 4570. The van der Waals surface area contributed by atoms with Gasteiger partial charge in [-0.3, -0.25) is 95.9 Å². The number of nitrogens with two attached hydrogens (primary N) is 2. The van der Waals surface area contributed by atoms with Crippen molar-refractivity contribution in [2.75, 3.05) is 61.6 Å². The minimum atomic E-state index is -2.50. The SMILES string of the molecule is CCC(C)[C@@H]1NC(=O)[C@H](C(C)C)NC(=O)[C@H]2NC(=O)CNC(=O)[C@@H]3CS[C@@H](C)[C@@H](NC(=O)[C@H]4CSC[C@H](N)C(=O)N[C@@H](CO)C(=O)NCC(=O)N[C@@H](Cc5c[nH]c6ccccc56)C(=O)N[C@@H](C(C)C)C(=O)N4)C(=O)N[C@@H](CC(C)C)C(=O)N[C@@H](C(=O)N[C@@H](C(C)CC)C(=O)N[C@@H](CCC(=O)O)C(=O)N3)[C@H](C)SC[C@H](NC1=O)C(=O)N[C@@H](C)C(=O)N[C@H](C(=O)NCCCCCCCN)C[S+]([O-])[C@H]2C. The normalized spacial score (nSPS) is 29.3. The second-order valence-corrected chi connectivity index (χ2v) is 41.8. The van der Waals surface area contributed by atoms with Crippen LogP contribution in [0.2, 0.25) is 0 Å². The van der Waals surface area contributed by atoms with Crippen LogP contribution in [-0.2, 0) is 113 Å². The van der Waals surface area contributed by atoms with Gasteiger partial charge in [0.25, 0.3) is 0 Å². The van der Waals surface area contributed by atoms with Crippen molar-refractivity contribution in [1.29, 1.82) is 0 Å². The van der Waals surface area contributed by atoms with Gasteiger partial charge in [0.15, 0.2) is 12.1 Å². The fourth-order valence-corrected chi connectivity index (χ4v) is 19.7. The molecule has 1 aromatic carbocycles. The molecule has 4 bridgehead atoms. The van der Waals surface area contributed by atoms with Crippen LogP contribution < -0.4 is 112 Å². The van der Waals surface area contributed by atoms with Gasteiger partial charge in [-0.1, -0.05) is 133 Å². The first-order valence-electron chi connectivity index (χ1n) is 46.4. The van der Waals surface area contributed by atoms with Gasteiger partial charge in [-0.15, -0.1) is 0 Å². The number of amides is 19. The van der Waals surface area contributed by atoms with E-state index in [9.17, 15) is 53.4 Å². The quantitative estimate of drug-likeness (QED) is 0.0265. The van der Waals surface area contributed by atoms with Crippen molar-refractivity contribution in [1.82, 2.24) is 106 Å². The number of hydrogen-bond acceptors (Lipinski definition) is 27. The van der Waals surface area contributed by atoms with Crippen LogP contribution in [0.3, 0.4) is 0 Å². The second-order valence-electron chi connectivity index (χ2n) is 36.1. The predicted molar refractivity (Wildman–Crippen MR) is 513 cm³/mol. The number of rotatable bonds is 24. The van der Waals surface area contributed by atoms with E-state index in [1.807, 2.05) is 0 Å². The van der Waals surface area contributed by atoms with Crippen LogP contribution in [-0.4, -0.2) is 318 Å². The maximum Gasteiger partial charge on any atom is 0.303 e. The third-order valence-corrected chi connectivity index (χ3v) is 29.5. The van der Waals surface area contributed by atoms with Crippen molar-refractivity contribution in [3.63, 3.8) is 0 Å². The summed E-state index contributed by atoms with van der Waals surface area (Å²) >= 11 is -0.317. The van der Waals surface area contributed by atoms with E-state index in [2.05, 4.69) is 106 Å². The molecule has 6 rings (SSSR count). The molecule has 4 saturated heterocycles. The molecule has 4 aliphatic heterocycles. The number of carboxylic acid groups (broad SMARTS) is 1. The molecule has 19 amide bonds. The minimum Gasteiger partial charge on any atom is -0.616 e. The molecule has 0 aliphatic carbocycles. The fraction of sp³-hybridized carbons (Fsp3) is 0.682. The molecule has 45 nitrogen and oxygen atoms in total. The van der Waals surface area contributed by atoms with Crippen LogP contribution in [0.15, 0.2) is 30.5 Å². The van der Waals surface area contributed by atoms with Gasteiger partial charge >= 0.3 is 5.97 Å². The predicted octanol–water partition coefficient (Wildman–Crippen LogP) is -5.45. The summed E-state index contributed by atoms with van der Waals surface area (Å²) in [4.78, 5) is 300. The van der Waals surface area contributed by atoms with Gasteiger partial charge < -0.3 is 132 Å². The third-order valence-electron chi connectivity index (χ3n) is 24.0. The number of aliphatic hydroxyl groups excluding tert-OH is 1.